The molecule has 192 valence electrons. The second-order valence-corrected chi connectivity index (χ2v) is 11.3. The fraction of sp³-hybridized carbons (Fsp3) is 0.652. The van der Waals surface area contributed by atoms with E-state index in [1.807, 2.05) is 13.8 Å². The summed E-state index contributed by atoms with van der Waals surface area (Å²) in [4.78, 5) is 26.5. The quantitative estimate of drug-likeness (QED) is 0.364. The second kappa shape index (κ2) is 13.3. The van der Waals surface area contributed by atoms with E-state index in [0.29, 0.717) is 19.3 Å². The Labute approximate surface area is 206 Å². The zero-order valence-corrected chi connectivity index (χ0v) is 21.4. The van der Waals surface area contributed by atoms with Crippen molar-refractivity contribution in [1.29, 1.82) is 0 Å². The van der Waals surface area contributed by atoms with Crippen LogP contribution >= 0.6 is 11.6 Å². The van der Waals surface area contributed by atoms with Crippen LogP contribution in [0.3, 0.4) is 0 Å². The van der Waals surface area contributed by atoms with Crippen molar-refractivity contribution in [1.82, 2.24) is 14.9 Å². The maximum atomic E-state index is 13.2. The molecule has 1 aromatic carbocycles. The summed E-state index contributed by atoms with van der Waals surface area (Å²) in [7, 11) is -3.91. The van der Waals surface area contributed by atoms with E-state index in [2.05, 4.69) is 10.0 Å². The summed E-state index contributed by atoms with van der Waals surface area (Å²) in [5.74, 6) is -1.02. The number of benzene rings is 1. The fourth-order valence-corrected chi connectivity index (χ4v) is 5.73. The van der Waals surface area contributed by atoms with Crippen molar-refractivity contribution in [3.8, 4) is 0 Å². The van der Waals surface area contributed by atoms with Gasteiger partial charge in [0.2, 0.25) is 15.9 Å². The number of rotatable bonds is 12. The number of sulfonamides is 1. The number of nitrogens with zero attached hydrogens (tertiary/aromatic N) is 1. The molecule has 0 radical (unpaired) electrons. The predicted molar refractivity (Wildman–Crippen MR) is 130 cm³/mol. The molecule has 3 amide bonds. The average molecular weight is 519 g/mol. The standard InChI is InChI=1S/C23H36ClFN4O4S/c1-16(2)14-20(22(26)30)29(23(31)28-18-8-4-3-5-9-18)13-7-6-12-27-34(32,33)21-11-10-17(25)15-19(21)24/h10-11,15-16,18,20,27H,3-9,12-14H2,1-2H3,(H2,26,30)(H,28,31)/t20-/m0/s1. The number of halogens is 2. The number of hydrogen-bond acceptors (Lipinski definition) is 4. The van der Waals surface area contributed by atoms with Crippen molar-refractivity contribution in [2.24, 2.45) is 11.7 Å². The van der Waals surface area contributed by atoms with Crippen LogP contribution in [0.15, 0.2) is 23.1 Å². The molecule has 1 aliphatic carbocycles. The summed E-state index contributed by atoms with van der Waals surface area (Å²) in [6, 6.07) is 2.12. The van der Waals surface area contributed by atoms with Crippen LogP contribution in [0.1, 0.15) is 65.2 Å². The molecular formula is C23H36ClFN4O4S. The lowest BCUT2D eigenvalue weighted by atomic mass is 9.95. The summed E-state index contributed by atoms with van der Waals surface area (Å²) in [6.45, 7) is 4.28. The molecule has 0 spiro atoms. The molecule has 0 aliphatic heterocycles. The summed E-state index contributed by atoms with van der Waals surface area (Å²) in [6.07, 6.45) is 6.44. The van der Waals surface area contributed by atoms with Crippen LogP contribution in [-0.4, -0.2) is 50.4 Å². The third-order valence-electron chi connectivity index (χ3n) is 5.89. The molecule has 2 rings (SSSR count). The average Bonchev–Trinajstić information content (AvgIpc) is 2.75. The van der Waals surface area contributed by atoms with E-state index >= 15 is 0 Å². The lowest BCUT2D eigenvalue weighted by Gasteiger charge is -2.33. The van der Waals surface area contributed by atoms with Crippen molar-refractivity contribution in [2.45, 2.75) is 82.2 Å². The first-order valence-electron chi connectivity index (χ1n) is 11.8. The normalized spacial score (nSPS) is 15.8. The van der Waals surface area contributed by atoms with Gasteiger partial charge in [0.1, 0.15) is 16.8 Å². The van der Waals surface area contributed by atoms with Crippen LogP contribution in [0.4, 0.5) is 9.18 Å². The molecule has 4 N–H and O–H groups in total. The summed E-state index contributed by atoms with van der Waals surface area (Å²) in [5.41, 5.74) is 5.64. The van der Waals surface area contributed by atoms with E-state index in [1.165, 1.54) is 4.90 Å². The van der Waals surface area contributed by atoms with Gasteiger partial charge in [0.05, 0.1) is 5.02 Å². The Hall–Kier alpha value is -1.91. The molecule has 0 aromatic heterocycles. The van der Waals surface area contributed by atoms with Crippen molar-refractivity contribution < 1.29 is 22.4 Å². The maximum absolute atomic E-state index is 13.2. The van der Waals surface area contributed by atoms with Crippen molar-refractivity contribution in [2.75, 3.05) is 13.1 Å². The van der Waals surface area contributed by atoms with Crippen LogP contribution in [0.5, 0.6) is 0 Å². The molecule has 1 saturated carbocycles. The molecule has 1 aromatic rings. The van der Waals surface area contributed by atoms with Gasteiger partial charge in [0, 0.05) is 19.1 Å². The Kier molecular flexibility index (Phi) is 11.0. The van der Waals surface area contributed by atoms with Gasteiger partial charge in [-0.2, -0.15) is 0 Å². The largest absolute Gasteiger partial charge is 0.368 e. The molecule has 11 heteroatoms. The van der Waals surface area contributed by atoms with E-state index < -0.39 is 27.8 Å². The summed E-state index contributed by atoms with van der Waals surface area (Å²) >= 11 is 5.86. The third-order valence-corrected chi connectivity index (χ3v) is 7.84. The van der Waals surface area contributed by atoms with Gasteiger partial charge in [0.15, 0.2) is 0 Å². The van der Waals surface area contributed by atoms with Gasteiger partial charge < -0.3 is 16.0 Å². The van der Waals surface area contributed by atoms with E-state index in [4.69, 9.17) is 17.3 Å². The summed E-state index contributed by atoms with van der Waals surface area (Å²) < 4.78 is 40.6. The van der Waals surface area contributed by atoms with Crippen LogP contribution in [0.2, 0.25) is 5.02 Å². The second-order valence-electron chi connectivity index (χ2n) is 9.21. The minimum absolute atomic E-state index is 0.0867. The molecule has 0 bridgehead atoms. The Balaban J connectivity index is 1.97. The Morgan fingerprint density at radius 3 is 2.47 bits per heavy atom. The van der Waals surface area contributed by atoms with E-state index in [1.54, 1.807) is 0 Å². The van der Waals surface area contributed by atoms with E-state index in [-0.39, 0.29) is 41.0 Å². The number of amides is 3. The van der Waals surface area contributed by atoms with Crippen molar-refractivity contribution >= 4 is 33.6 Å². The highest BCUT2D eigenvalue weighted by atomic mass is 35.5. The number of nitrogens with two attached hydrogens (primary N) is 1. The highest BCUT2D eigenvalue weighted by molar-refractivity contribution is 7.89. The minimum Gasteiger partial charge on any atom is -0.368 e. The molecule has 1 atom stereocenters. The predicted octanol–water partition coefficient (Wildman–Crippen LogP) is 3.78. The lowest BCUT2D eigenvalue weighted by molar-refractivity contribution is -0.122. The smallest absolute Gasteiger partial charge is 0.318 e. The number of carbonyl (C=O) groups excluding carboxylic acids is 2. The monoisotopic (exact) mass is 518 g/mol. The topological polar surface area (TPSA) is 122 Å². The number of carbonyl (C=O) groups is 2. The van der Waals surface area contributed by atoms with Crippen molar-refractivity contribution in [3.63, 3.8) is 0 Å². The van der Waals surface area contributed by atoms with Gasteiger partial charge in [-0.25, -0.2) is 22.3 Å². The number of unbranched alkanes of at least 4 members (excludes halogenated alkanes) is 1. The van der Waals surface area contributed by atoms with Crippen LogP contribution in [0, 0.1) is 11.7 Å². The van der Waals surface area contributed by atoms with E-state index in [0.717, 1.165) is 50.3 Å². The SMILES string of the molecule is CC(C)C[C@@H](C(N)=O)N(CCCCNS(=O)(=O)c1ccc(F)cc1Cl)C(=O)NC1CCCCC1. The van der Waals surface area contributed by atoms with Crippen LogP contribution in [0.25, 0.3) is 0 Å². The molecular weight excluding hydrogens is 483 g/mol. The van der Waals surface area contributed by atoms with Gasteiger partial charge in [-0.05, 0) is 56.2 Å². The Morgan fingerprint density at radius 2 is 1.88 bits per heavy atom. The van der Waals surface area contributed by atoms with Gasteiger partial charge in [0.25, 0.3) is 0 Å². The van der Waals surface area contributed by atoms with Gasteiger partial charge in [-0.15, -0.1) is 0 Å². The van der Waals surface area contributed by atoms with Crippen molar-refractivity contribution in [3.05, 3.63) is 29.0 Å². The first kappa shape index (κ1) is 28.3. The summed E-state index contributed by atoms with van der Waals surface area (Å²) in [5, 5.41) is 2.85. The molecule has 8 nitrogen and oxygen atoms in total. The van der Waals surface area contributed by atoms with E-state index in [9.17, 15) is 22.4 Å². The highest BCUT2D eigenvalue weighted by Gasteiger charge is 2.30. The number of hydrogen-bond donors (Lipinski definition) is 3. The molecule has 0 unspecified atom stereocenters. The third kappa shape index (κ3) is 8.70. The number of primary amides is 1. The Bertz CT molecular complexity index is 939. The zero-order valence-electron chi connectivity index (χ0n) is 19.9. The molecule has 0 saturated heterocycles. The van der Waals surface area contributed by atoms with Gasteiger partial charge in [-0.3, -0.25) is 4.79 Å². The van der Waals surface area contributed by atoms with Crippen LogP contribution in [-0.2, 0) is 14.8 Å². The van der Waals surface area contributed by atoms with Gasteiger partial charge in [-0.1, -0.05) is 44.7 Å². The molecule has 1 aliphatic rings. The molecule has 34 heavy (non-hydrogen) atoms. The molecule has 1 fully saturated rings. The molecule has 0 heterocycles. The first-order valence-corrected chi connectivity index (χ1v) is 13.7. The number of nitrogens with one attached hydrogen (secondary N) is 2. The Morgan fingerprint density at radius 1 is 1.21 bits per heavy atom. The van der Waals surface area contributed by atoms with Gasteiger partial charge >= 0.3 is 6.03 Å². The minimum atomic E-state index is -3.91. The van der Waals surface area contributed by atoms with Crippen LogP contribution < -0.4 is 15.8 Å². The maximum Gasteiger partial charge on any atom is 0.318 e. The highest BCUT2D eigenvalue weighted by Crippen LogP contribution is 2.22. The first-order chi connectivity index (χ1) is 16.0. The number of urea groups is 1. The fourth-order valence-electron chi connectivity index (χ4n) is 4.13. The lowest BCUT2D eigenvalue weighted by Crippen LogP contribution is -2.54. The zero-order chi connectivity index (χ0) is 25.3.